The Bertz CT molecular complexity index is 2740. The van der Waals surface area contributed by atoms with Crippen molar-refractivity contribution in [1.82, 2.24) is 4.58 Å². The van der Waals surface area contributed by atoms with Crippen LogP contribution < -0.4 is 10.3 Å². The van der Waals surface area contributed by atoms with Crippen LogP contribution in [0, 0.1) is 0 Å². The highest BCUT2D eigenvalue weighted by Crippen LogP contribution is 2.41. The monoisotopic (exact) mass is 712 g/mol. The van der Waals surface area contributed by atoms with E-state index in [0.717, 1.165) is 0 Å². The van der Waals surface area contributed by atoms with Crippen molar-refractivity contribution in [2.24, 2.45) is 10.7 Å². The van der Waals surface area contributed by atoms with Gasteiger partial charge in [-0.2, -0.15) is 4.58 Å². The van der Waals surface area contributed by atoms with Crippen LogP contribution in [0.3, 0.4) is 0 Å². The second-order valence-corrected chi connectivity index (χ2v) is 13.7. The maximum atomic E-state index is 5.08. The van der Waals surface area contributed by atoms with Gasteiger partial charge >= 0.3 is 0 Å². The molecule has 7 aromatic rings. The smallest absolute Gasteiger partial charge is 0.233 e. The van der Waals surface area contributed by atoms with Gasteiger partial charge in [0.1, 0.15) is 5.56 Å². The minimum atomic E-state index is 1.17. The minimum absolute atomic E-state index is 1.17. The molecule has 2 N–H and O–H groups in total. The first-order chi connectivity index (χ1) is 27.0. The molecule has 0 aromatic heterocycles. The lowest BCUT2D eigenvalue weighted by Gasteiger charge is -2.20. The summed E-state index contributed by atoms with van der Waals surface area (Å²) in [5.41, 5.74) is 17.4. The zero-order chi connectivity index (χ0) is 38.1. The largest absolute Gasteiger partial charge is 0.405 e. The molecule has 9 rings (SSSR count). The fraction of sp³-hybridized carbons (Fsp3) is 0.0769. The van der Waals surface area contributed by atoms with Gasteiger partial charge in [0.25, 0.3) is 0 Å². The van der Waals surface area contributed by atoms with E-state index in [1.54, 1.807) is 0 Å². The van der Waals surface area contributed by atoms with Gasteiger partial charge in [0.05, 0.1) is 5.39 Å². The molecular weight excluding hydrogens is 667 g/mol. The topological polar surface area (TPSA) is 41.4 Å². The van der Waals surface area contributed by atoms with E-state index in [2.05, 4.69) is 180 Å². The normalized spacial score (nSPS) is 13.6. The van der Waals surface area contributed by atoms with E-state index < -0.39 is 0 Å². The van der Waals surface area contributed by atoms with Gasteiger partial charge in [0.15, 0.2) is 0 Å². The maximum absolute atomic E-state index is 5.08. The molecule has 0 atom stereocenters. The summed E-state index contributed by atoms with van der Waals surface area (Å²) in [6.45, 7) is 8.12. The number of hydrogen-bond acceptors (Lipinski definition) is 2. The number of fused-ring (bicyclic) bond motifs is 5. The summed E-state index contributed by atoms with van der Waals surface area (Å²) in [6, 6.07) is 52.7. The molecule has 0 amide bonds. The number of allylic oxidation sites excluding steroid dienone is 8. The lowest BCUT2D eigenvalue weighted by molar-refractivity contribution is 1.05. The highest BCUT2D eigenvalue weighted by atomic mass is 15.1. The van der Waals surface area contributed by atoms with Crippen LogP contribution in [0.25, 0.3) is 49.0 Å². The van der Waals surface area contributed by atoms with E-state index in [0.29, 0.717) is 0 Å². The van der Waals surface area contributed by atoms with Crippen molar-refractivity contribution < 1.29 is 0 Å². The number of nitrogens with two attached hydrogens (primary N) is 1. The molecule has 0 saturated heterocycles. The van der Waals surface area contributed by atoms with Crippen LogP contribution in [0.15, 0.2) is 205 Å². The van der Waals surface area contributed by atoms with E-state index >= 15 is 0 Å². The van der Waals surface area contributed by atoms with Crippen molar-refractivity contribution in [3.8, 4) is 11.1 Å². The summed E-state index contributed by atoms with van der Waals surface area (Å²) < 4.78 is 2.40. The average molecular weight is 713 g/mol. The van der Waals surface area contributed by atoms with Crippen LogP contribution in [0.1, 0.15) is 38.8 Å². The third kappa shape index (κ3) is 8.07. The average Bonchev–Trinajstić information content (AvgIpc) is 3.22. The molecule has 3 nitrogen and oxygen atoms in total. The van der Waals surface area contributed by atoms with Crippen molar-refractivity contribution in [3.05, 3.63) is 211 Å². The number of hydrogen-bond donors (Lipinski definition) is 1. The fourth-order valence-electron chi connectivity index (χ4n) is 6.88. The Hall–Kier alpha value is -6.84. The summed E-state index contributed by atoms with van der Waals surface area (Å²) >= 11 is 0. The second kappa shape index (κ2) is 16.9. The molecule has 0 aliphatic carbocycles. The molecular formula is C52H46N3+. The minimum Gasteiger partial charge on any atom is -0.405 e. The van der Waals surface area contributed by atoms with E-state index in [4.69, 9.17) is 5.73 Å². The lowest BCUT2D eigenvalue weighted by atomic mass is 9.91. The van der Waals surface area contributed by atoms with Crippen molar-refractivity contribution >= 4 is 61.2 Å². The lowest BCUT2D eigenvalue weighted by Crippen LogP contribution is -2.27. The van der Waals surface area contributed by atoms with E-state index in [1.165, 1.54) is 94.6 Å². The Morgan fingerprint density at radius 2 is 1.20 bits per heavy atom. The predicted molar refractivity (Wildman–Crippen MR) is 241 cm³/mol. The molecule has 268 valence electrons. The van der Waals surface area contributed by atoms with Gasteiger partial charge < -0.3 is 5.73 Å². The molecule has 0 bridgehead atoms. The second-order valence-electron chi connectivity index (χ2n) is 13.7. The highest BCUT2D eigenvalue weighted by molar-refractivity contribution is 6.25. The number of nitrogens with zero attached hydrogens (tertiary/aromatic N) is 2. The SMILES string of the molecule is C/C=C(C)\C=C/N.C/C=C(\C=C/C1=[N+](c2ccccc2)c2c1ccc1cc(-c3ccc4ccccc4c3)ccc21)c1ccc2ccccc2c1.CC1=CN=C1. The van der Waals surface area contributed by atoms with Crippen molar-refractivity contribution in [2.45, 2.75) is 27.7 Å². The Morgan fingerprint density at radius 3 is 1.80 bits per heavy atom. The van der Waals surface area contributed by atoms with Gasteiger partial charge in [-0.25, -0.2) is 0 Å². The highest BCUT2D eigenvalue weighted by Gasteiger charge is 2.37. The Balaban J connectivity index is 0.000000335. The molecule has 0 radical (unpaired) electrons. The first-order valence-electron chi connectivity index (χ1n) is 18.8. The van der Waals surface area contributed by atoms with Gasteiger partial charge in [-0.15, -0.1) is 0 Å². The third-order valence-corrected chi connectivity index (χ3v) is 10.0. The molecule has 55 heavy (non-hydrogen) atoms. The number of aliphatic imine (C=N–C) groups is 1. The third-order valence-electron chi connectivity index (χ3n) is 10.0. The maximum Gasteiger partial charge on any atom is 0.233 e. The molecule has 0 fully saturated rings. The summed E-state index contributed by atoms with van der Waals surface area (Å²) in [4.78, 5) is 3.71. The van der Waals surface area contributed by atoms with Crippen LogP contribution in [-0.2, 0) is 0 Å². The van der Waals surface area contributed by atoms with E-state index in [1.807, 2.05) is 45.3 Å². The van der Waals surface area contributed by atoms with Crippen molar-refractivity contribution in [1.29, 1.82) is 0 Å². The van der Waals surface area contributed by atoms with Gasteiger partial charge in [-0.3, -0.25) is 4.99 Å². The van der Waals surface area contributed by atoms with E-state index in [9.17, 15) is 0 Å². The molecule has 2 aliphatic rings. The Morgan fingerprint density at radius 1 is 0.618 bits per heavy atom. The zero-order valence-electron chi connectivity index (χ0n) is 31.9. The molecule has 0 saturated carbocycles. The zero-order valence-corrected chi connectivity index (χ0v) is 31.9. The van der Waals surface area contributed by atoms with Crippen LogP contribution in [-0.4, -0.2) is 11.9 Å². The Labute approximate surface area is 324 Å². The van der Waals surface area contributed by atoms with Crippen LogP contribution >= 0.6 is 0 Å². The number of para-hydroxylation sites is 1. The van der Waals surface area contributed by atoms with E-state index in [-0.39, 0.29) is 0 Å². The predicted octanol–water partition coefficient (Wildman–Crippen LogP) is 13.5. The fourth-order valence-corrected chi connectivity index (χ4v) is 6.88. The molecule has 0 unspecified atom stereocenters. The molecule has 2 aliphatic heterocycles. The van der Waals surface area contributed by atoms with Gasteiger partial charge in [0, 0.05) is 30.6 Å². The molecule has 3 heteroatoms. The van der Waals surface area contributed by atoms with Gasteiger partial charge in [-0.05, 0) is 131 Å². The summed E-state index contributed by atoms with van der Waals surface area (Å²) in [5, 5.41) is 7.57. The first-order valence-corrected chi connectivity index (χ1v) is 18.8. The van der Waals surface area contributed by atoms with Gasteiger partial charge in [0.2, 0.25) is 17.1 Å². The molecule has 2 heterocycles. The van der Waals surface area contributed by atoms with Crippen molar-refractivity contribution in [3.63, 3.8) is 0 Å². The van der Waals surface area contributed by atoms with Crippen molar-refractivity contribution in [2.75, 3.05) is 0 Å². The molecule has 7 aromatic carbocycles. The summed E-state index contributed by atoms with van der Waals surface area (Å²) in [5.74, 6) is 0. The summed E-state index contributed by atoms with van der Waals surface area (Å²) in [6.07, 6.45) is 15.8. The van der Waals surface area contributed by atoms with Crippen LogP contribution in [0.5, 0.6) is 0 Å². The van der Waals surface area contributed by atoms with Crippen LogP contribution in [0.4, 0.5) is 11.4 Å². The van der Waals surface area contributed by atoms with Gasteiger partial charge in [-0.1, -0.05) is 121 Å². The van der Waals surface area contributed by atoms with Crippen LogP contribution in [0.2, 0.25) is 0 Å². The molecule has 0 spiro atoms. The number of rotatable bonds is 6. The quantitative estimate of drug-likeness (QED) is 0.135. The summed E-state index contributed by atoms with van der Waals surface area (Å²) in [7, 11) is 0. The number of benzene rings is 7. The first kappa shape index (κ1) is 36.5. The Kier molecular flexibility index (Phi) is 11.2. The standard InChI is InChI=1S/C42H30N.C6H11N.C4H5N/c1-2-29(34-18-16-30-10-6-8-12-32(30)26-34)22-25-41-40-24-21-37-28-36(35-19-17-31-11-7-9-13-33(31)27-35)20-23-39(37)42(40)43(41)38-14-4-3-5-15-38;1-3-6(2)4-5-7;1-4-2-5-3-4/h2-28H,1H3;3-5H,7H2,1-2H3;2-3H,1H3/q+1;;/b25-22-,29-2+;5-4-,6-3-;.